The van der Waals surface area contributed by atoms with Crippen LogP contribution in [0.25, 0.3) is 0 Å². The number of carbonyl (C=O) groups is 1. The van der Waals surface area contributed by atoms with Crippen molar-refractivity contribution >= 4 is 11.9 Å². The quantitative estimate of drug-likeness (QED) is 0.744. The fourth-order valence-electron chi connectivity index (χ4n) is 2.36. The van der Waals surface area contributed by atoms with E-state index in [2.05, 4.69) is 15.4 Å². The summed E-state index contributed by atoms with van der Waals surface area (Å²) in [6.45, 7) is 2.44. The van der Waals surface area contributed by atoms with E-state index in [1.54, 1.807) is 4.68 Å². The highest BCUT2D eigenvalue weighted by Crippen LogP contribution is 2.34. The number of rotatable bonds is 2. The Hall–Kier alpha value is -1.63. The number of ether oxygens (including phenoxy) is 1. The molecule has 0 saturated carbocycles. The third kappa shape index (κ3) is 1.49. The van der Waals surface area contributed by atoms with E-state index >= 15 is 0 Å². The van der Waals surface area contributed by atoms with E-state index < -0.39 is 11.4 Å². The molecule has 1 aromatic rings. The molecule has 2 N–H and O–H groups in total. The van der Waals surface area contributed by atoms with Crippen LogP contribution >= 0.6 is 0 Å². The Balaban J connectivity index is 2.00. The zero-order valence-corrected chi connectivity index (χ0v) is 9.35. The van der Waals surface area contributed by atoms with E-state index in [1.165, 1.54) is 0 Å². The first-order valence-electron chi connectivity index (χ1n) is 5.73. The Kier molecular flexibility index (Phi) is 2.29. The second-order valence-electron chi connectivity index (χ2n) is 4.41. The predicted molar refractivity (Wildman–Crippen MR) is 57.9 cm³/mol. The first kappa shape index (κ1) is 10.5. The molecule has 7 nitrogen and oxygen atoms in total. The number of aliphatic carboxylic acids is 1. The van der Waals surface area contributed by atoms with Gasteiger partial charge in [-0.15, -0.1) is 0 Å². The molecule has 3 heterocycles. The summed E-state index contributed by atoms with van der Waals surface area (Å²) < 4.78 is 6.96. The van der Waals surface area contributed by atoms with Crippen LogP contribution in [-0.4, -0.2) is 45.6 Å². The molecule has 0 amide bonds. The van der Waals surface area contributed by atoms with Crippen LogP contribution in [0, 0.1) is 0 Å². The van der Waals surface area contributed by atoms with Gasteiger partial charge in [-0.1, -0.05) is 0 Å². The standard InChI is InChI=1S/C10H14N4O3/c15-8(16)10(1-5-17-6-2-10)7-12-9-11-3-4-14(9)13-7/h1-6H2,(H,15,16)(H,11,12,13). The number of carboxylic acid groups (broad SMARTS) is 1. The number of nitrogens with one attached hydrogen (secondary N) is 1. The predicted octanol–water partition coefficient (Wildman–Crippen LogP) is -0.164. The second kappa shape index (κ2) is 3.69. The fraction of sp³-hybridized carbons (Fsp3) is 0.700. The molecule has 0 radical (unpaired) electrons. The van der Waals surface area contributed by atoms with Gasteiger partial charge in [0.05, 0.1) is 6.54 Å². The maximum absolute atomic E-state index is 11.5. The number of nitrogens with zero attached hydrogens (tertiary/aromatic N) is 3. The fourth-order valence-corrected chi connectivity index (χ4v) is 2.36. The molecule has 0 bridgehead atoms. The van der Waals surface area contributed by atoms with Crippen LogP contribution in [0.4, 0.5) is 5.95 Å². The molecule has 0 aromatic carbocycles. The lowest BCUT2D eigenvalue weighted by atomic mass is 9.79. The lowest BCUT2D eigenvalue weighted by Crippen LogP contribution is -2.42. The van der Waals surface area contributed by atoms with Gasteiger partial charge in [0.1, 0.15) is 5.41 Å². The Bertz CT molecular complexity index is 429. The van der Waals surface area contributed by atoms with Gasteiger partial charge >= 0.3 is 5.97 Å². The Labute approximate surface area is 97.8 Å². The van der Waals surface area contributed by atoms with Gasteiger partial charge in [-0.2, -0.15) is 10.1 Å². The number of aromatic nitrogens is 3. The third-order valence-corrected chi connectivity index (χ3v) is 3.46. The number of carboxylic acids is 1. The maximum atomic E-state index is 11.5. The molecule has 2 aliphatic rings. The second-order valence-corrected chi connectivity index (χ2v) is 4.41. The molecule has 0 aliphatic carbocycles. The van der Waals surface area contributed by atoms with Crippen LogP contribution in [0.3, 0.4) is 0 Å². The molecule has 17 heavy (non-hydrogen) atoms. The molecule has 1 aromatic heterocycles. The minimum absolute atomic E-state index is 0.413. The molecular formula is C10H14N4O3. The molecule has 92 valence electrons. The Morgan fingerprint density at radius 3 is 2.88 bits per heavy atom. The van der Waals surface area contributed by atoms with Gasteiger partial charge in [-0.25, -0.2) is 4.68 Å². The zero-order valence-electron chi connectivity index (χ0n) is 9.35. The highest BCUT2D eigenvalue weighted by molar-refractivity contribution is 5.80. The smallest absolute Gasteiger partial charge is 0.317 e. The summed E-state index contributed by atoms with van der Waals surface area (Å²) in [7, 11) is 0. The van der Waals surface area contributed by atoms with Crippen LogP contribution in [0.2, 0.25) is 0 Å². The van der Waals surface area contributed by atoms with Gasteiger partial charge in [0.25, 0.3) is 0 Å². The monoisotopic (exact) mass is 238 g/mol. The van der Waals surface area contributed by atoms with Crippen LogP contribution in [0.15, 0.2) is 0 Å². The van der Waals surface area contributed by atoms with E-state index in [4.69, 9.17) is 4.74 Å². The summed E-state index contributed by atoms with van der Waals surface area (Å²) in [4.78, 5) is 15.9. The van der Waals surface area contributed by atoms with E-state index in [0.717, 1.165) is 13.1 Å². The Morgan fingerprint density at radius 1 is 1.47 bits per heavy atom. The summed E-state index contributed by atoms with van der Waals surface area (Å²) in [5, 5.41) is 16.9. The Morgan fingerprint density at radius 2 is 2.24 bits per heavy atom. The average Bonchev–Trinajstić information content (AvgIpc) is 2.89. The highest BCUT2D eigenvalue weighted by Gasteiger charge is 2.46. The van der Waals surface area contributed by atoms with Crippen LogP contribution in [0.1, 0.15) is 18.7 Å². The van der Waals surface area contributed by atoms with Crippen molar-refractivity contribution in [1.29, 1.82) is 0 Å². The largest absolute Gasteiger partial charge is 0.480 e. The van der Waals surface area contributed by atoms with Crippen molar-refractivity contribution in [2.75, 3.05) is 25.1 Å². The van der Waals surface area contributed by atoms with E-state index in [-0.39, 0.29) is 0 Å². The average molecular weight is 238 g/mol. The lowest BCUT2D eigenvalue weighted by Gasteiger charge is -2.30. The molecule has 0 atom stereocenters. The highest BCUT2D eigenvalue weighted by atomic mass is 16.5. The molecular weight excluding hydrogens is 224 g/mol. The minimum Gasteiger partial charge on any atom is -0.480 e. The van der Waals surface area contributed by atoms with Crippen molar-refractivity contribution in [3.63, 3.8) is 0 Å². The number of hydrogen-bond acceptors (Lipinski definition) is 5. The zero-order chi connectivity index (χ0) is 11.9. The van der Waals surface area contributed by atoms with E-state index in [9.17, 15) is 9.90 Å². The van der Waals surface area contributed by atoms with Gasteiger partial charge < -0.3 is 15.2 Å². The molecule has 0 unspecified atom stereocenters. The summed E-state index contributed by atoms with van der Waals surface area (Å²) in [5.74, 6) is 0.229. The summed E-state index contributed by atoms with van der Waals surface area (Å²) in [6, 6.07) is 0. The van der Waals surface area contributed by atoms with Crippen molar-refractivity contribution in [2.24, 2.45) is 0 Å². The van der Waals surface area contributed by atoms with Crippen molar-refractivity contribution in [3.8, 4) is 0 Å². The van der Waals surface area contributed by atoms with Gasteiger partial charge in [-0.3, -0.25) is 4.79 Å². The van der Waals surface area contributed by atoms with E-state index in [1.807, 2.05) is 0 Å². The number of fused-ring (bicyclic) bond motifs is 1. The third-order valence-electron chi connectivity index (χ3n) is 3.46. The first-order valence-corrected chi connectivity index (χ1v) is 5.73. The van der Waals surface area contributed by atoms with Crippen molar-refractivity contribution < 1.29 is 14.6 Å². The van der Waals surface area contributed by atoms with E-state index in [0.29, 0.717) is 37.8 Å². The molecule has 1 fully saturated rings. The lowest BCUT2D eigenvalue weighted by molar-refractivity contribution is -0.148. The minimum atomic E-state index is -0.975. The molecule has 2 aliphatic heterocycles. The normalized spacial score (nSPS) is 21.9. The van der Waals surface area contributed by atoms with Crippen molar-refractivity contribution in [3.05, 3.63) is 5.82 Å². The van der Waals surface area contributed by atoms with Gasteiger partial charge in [0, 0.05) is 19.8 Å². The van der Waals surface area contributed by atoms with Crippen LogP contribution < -0.4 is 5.32 Å². The summed E-state index contributed by atoms with van der Waals surface area (Å²) >= 11 is 0. The summed E-state index contributed by atoms with van der Waals surface area (Å²) in [6.07, 6.45) is 0.873. The molecule has 0 spiro atoms. The van der Waals surface area contributed by atoms with Crippen LogP contribution in [0.5, 0.6) is 0 Å². The van der Waals surface area contributed by atoms with Gasteiger partial charge in [0.15, 0.2) is 5.82 Å². The molecule has 3 rings (SSSR count). The summed E-state index contributed by atoms with van der Waals surface area (Å²) in [5.41, 5.74) is -0.975. The first-order chi connectivity index (χ1) is 8.22. The van der Waals surface area contributed by atoms with Gasteiger partial charge in [0.2, 0.25) is 5.95 Å². The van der Waals surface area contributed by atoms with Crippen molar-refractivity contribution in [2.45, 2.75) is 24.8 Å². The maximum Gasteiger partial charge on any atom is 0.317 e. The SMILES string of the molecule is O=C(O)C1(c2nc3n(n2)CCN3)CCOCC1. The number of anilines is 1. The molecule has 1 saturated heterocycles. The topological polar surface area (TPSA) is 89.3 Å². The number of hydrogen-bond donors (Lipinski definition) is 2. The molecule has 7 heteroatoms. The van der Waals surface area contributed by atoms with Crippen LogP contribution in [-0.2, 0) is 21.5 Å². The van der Waals surface area contributed by atoms with Crippen molar-refractivity contribution in [1.82, 2.24) is 14.8 Å². The van der Waals surface area contributed by atoms with Gasteiger partial charge in [-0.05, 0) is 12.8 Å².